The van der Waals surface area contributed by atoms with E-state index in [4.69, 9.17) is 10.1 Å². The van der Waals surface area contributed by atoms with Gasteiger partial charge in [-0.1, -0.05) is 19.9 Å². The topological polar surface area (TPSA) is 99.1 Å². The highest BCUT2D eigenvalue weighted by atomic mass is 16.5. The first-order valence-electron chi connectivity index (χ1n) is 11.6. The summed E-state index contributed by atoms with van der Waals surface area (Å²) in [5.41, 5.74) is 5.42. The van der Waals surface area contributed by atoms with E-state index in [2.05, 4.69) is 20.9 Å². The van der Waals surface area contributed by atoms with Crippen LogP contribution in [0.25, 0.3) is 11.3 Å². The Labute approximate surface area is 201 Å². The third-order valence-electron chi connectivity index (χ3n) is 5.51. The highest BCUT2D eigenvalue weighted by molar-refractivity contribution is 6.01. The van der Waals surface area contributed by atoms with Gasteiger partial charge in [-0.2, -0.15) is 0 Å². The molecule has 7 heteroatoms. The number of nitrogens with one attached hydrogen (secondary N) is 4. The second kappa shape index (κ2) is 11.4. The van der Waals surface area contributed by atoms with E-state index in [0.717, 1.165) is 41.2 Å². The standard InChI is InChI=1S/C25H27N5O2.C2H6/c1-15-10-17(4-6-21(15)25(31)30-18-13-28-14-18)23-11-20(8-9-29-23)32-19-5-7-22(16(2)26)24(12-19)27-3;1-2/h4-12,18,26-28H,13-14H2,1-3H3,(H,30,31);1-2H3. The van der Waals surface area contributed by atoms with Crippen LogP contribution in [0.5, 0.6) is 11.5 Å². The van der Waals surface area contributed by atoms with Crippen LogP contribution < -0.4 is 20.7 Å². The average molecular weight is 460 g/mol. The molecule has 1 aliphatic rings. The van der Waals surface area contributed by atoms with Crippen molar-refractivity contribution in [3.8, 4) is 22.8 Å². The summed E-state index contributed by atoms with van der Waals surface area (Å²) in [5, 5.41) is 17.2. The Bertz CT molecular complexity index is 1170. The lowest BCUT2D eigenvalue weighted by molar-refractivity contribution is 0.0923. The minimum Gasteiger partial charge on any atom is -0.457 e. The van der Waals surface area contributed by atoms with E-state index in [1.165, 1.54) is 0 Å². The molecule has 1 fully saturated rings. The molecule has 1 aliphatic heterocycles. The van der Waals surface area contributed by atoms with E-state index in [9.17, 15) is 4.79 Å². The summed E-state index contributed by atoms with van der Waals surface area (Å²) in [7, 11) is 1.82. The second-order valence-electron chi connectivity index (χ2n) is 7.92. The van der Waals surface area contributed by atoms with E-state index in [1.807, 2.05) is 70.3 Å². The van der Waals surface area contributed by atoms with Crippen LogP contribution in [-0.4, -0.2) is 42.8 Å². The van der Waals surface area contributed by atoms with Crippen LogP contribution in [0, 0.1) is 12.3 Å². The Hall–Kier alpha value is -3.71. The first-order chi connectivity index (χ1) is 16.4. The molecule has 4 N–H and O–H groups in total. The van der Waals surface area contributed by atoms with Crippen molar-refractivity contribution in [2.24, 2.45) is 0 Å². The smallest absolute Gasteiger partial charge is 0.251 e. The van der Waals surface area contributed by atoms with Gasteiger partial charge in [0, 0.05) is 66.6 Å². The van der Waals surface area contributed by atoms with E-state index >= 15 is 0 Å². The number of nitrogens with zero attached hydrogens (tertiary/aromatic N) is 1. The van der Waals surface area contributed by atoms with Gasteiger partial charge in [0.05, 0.1) is 11.7 Å². The molecule has 0 saturated carbocycles. The molecule has 178 valence electrons. The molecular formula is C27H33N5O2. The Morgan fingerprint density at radius 1 is 1.06 bits per heavy atom. The number of ether oxygens (including phenoxy) is 1. The minimum atomic E-state index is -0.0467. The molecule has 1 amide bonds. The van der Waals surface area contributed by atoms with Crippen LogP contribution in [0.4, 0.5) is 5.69 Å². The fraction of sp³-hybridized carbons (Fsp3) is 0.296. The predicted octanol–water partition coefficient (Wildman–Crippen LogP) is 5.01. The zero-order chi connectivity index (χ0) is 24.7. The van der Waals surface area contributed by atoms with Crippen molar-refractivity contribution < 1.29 is 9.53 Å². The summed E-state index contributed by atoms with van der Waals surface area (Å²) in [6.45, 7) is 9.33. The van der Waals surface area contributed by atoms with Crippen LogP contribution in [0.15, 0.2) is 54.7 Å². The van der Waals surface area contributed by atoms with Crippen LogP contribution >= 0.6 is 0 Å². The number of pyridine rings is 1. The number of aryl methyl sites for hydroxylation is 1. The molecule has 0 atom stereocenters. The number of rotatable bonds is 7. The van der Waals surface area contributed by atoms with Gasteiger partial charge in [-0.25, -0.2) is 0 Å². The van der Waals surface area contributed by atoms with Crippen LogP contribution in [0.2, 0.25) is 0 Å². The van der Waals surface area contributed by atoms with Crippen molar-refractivity contribution >= 4 is 17.3 Å². The lowest BCUT2D eigenvalue weighted by atomic mass is 10.0. The zero-order valence-electron chi connectivity index (χ0n) is 20.5. The van der Waals surface area contributed by atoms with Gasteiger partial charge in [-0.3, -0.25) is 9.78 Å². The summed E-state index contributed by atoms with van der Waals surface area (Å²) in [5.74, 6) is 1.29. The fourth-order valence-corrected chi connectivity index (χ4v) is 3.62. The number of carbonyl (C=O) groups excluding carboxylic acids is 1. The van der Waals surface area contributed by atoms with Gasteiger partial charge in [0.15, 0.2) is 0 Å². The first-order valence-corrected chi connectivity index (χ1v) is 11.6. The van der Waals surface area contributed by atoms with Crippen molar-refractivity contribution in [1.29, 1.82) is 5.41 Å². The number of benzene rings is 2. The number of hydrogen-bond acceptors (Lipinski definition) is 6. The largest absolute Gasteiger partial charge is 0.457 e. The zero-order valence-corrected chi connectivity index (χ0v) is 20.5. The lowest BCUT2D eigenvalue weighted by Crippen LogP contribution is -2.57. The van der Waals surface area contributed by atoms with Gasteiger partial charge < -0.3 is 26.1 Å². The number of anilines is 1. The van der Waals surface area contributed by atoms with Crippen molar-refractivity contribution in [1.82, 2.24) is 15.6 Å². The van der Waals surface area contributed by atoms with Crippen LogP contribution in [0.1, 0.15) is 42.3 Å². The molecule has 0 bridgehead atoms. The Morgan fingerprint density at radius 3 is 2.38 bits per heavy atom. The highest BCUT2D eigenvalue weighted by Gasteiger charge is 2.20. The third kappa shape index (κ3) is 5.80. The first kappa shape index (κ1) is 24.9. The van der Waals surface area contributed by atoms with Crippen LogP contribution in [0.3, 0.4) is 0 Å². The van der Waals surface area contributed by atoms with Crippen LogP contribution in [-0.2, 0) is 0 Å². The lowest BCUT2D eigenvalue weighted by Gasteiger charge is -2.28. The molecule has 0 spiro atoms. The molecule has 0 aliphatic carbocycles. The maximum absolute atomic E-state index is 12.5. The van der Waals surface area contributed by atoms with Gasteiger partial charge in [-0.05, 0) is 49.7 Å². The average Bonchev–Trinajstić information content (AvgIpc) is 2.82. The summed E-state index contributed by atoms with van der Waals surface area (Å²) in [4.78, 5) is 17.0. The SMILES string of the molecule is CC.CNc1cc(Oc2ccnc(-c3ccc(C(=O)NC4CNC4)c(C)c3)c2)ccc1C(C)=N. The third-order valence-corrected chi connectivity index (χ3v) is 5.51. The van der Waals surface area contributed by atoms with Gasteiger partial charge in [-0.15, -0.1) is 0 Å². The maximum atomic E-state index is 12.5. The molecule has 1 aromatic heterocycles. The molecule has 34 heavy (non-hydrogen) atoms. The van der Waals surface area contributed by atoms with Crippen molar-refractivity contribution in [3.05, 3.63) is 71.4 Å². The molecule has 0 radical (unpaired) electrons. The van der Waals surface area contributed by atoms with Gasteiger partial charge in [0.1, 0.15) is 11.5 Å². The van der Waals surface area contributed by atoms with E-state index < -0.39 is 0 Å². The fourth-order valence-electron chi connectivity index (χ4n) is 3.62. The Morgan fingerprint density at radius 2 is 1.76 bits per heavy atom. The Balaban J connectivity index is 0.00000158. The molecule has 4 rings (SSSR count). The summed E-state index contributed by atoms with van der Waals surface area (Å²) < 4.78 is 6.05. The quantitative estimate of drug-likeness (QED) is 0.373. The van der Waals surface area contributed by atoms with Gasteiger partial charge in [0.2, 0.25) is 0 Å². The van der Waals surface area contributed by atoms with Gasteiger partial charge >= 0.3 is 0 Å². The highest BCUT2D eigenvalue weighted by Crippen LogP contribution is 2.29. The molecule has 1 saturated heterocycles. The normalized spacial score (nSPS) is 12.6. The maximum Gasteiger partial charge on any atom is 0.251 e. The molecule has 7 nitrogen and oxygen atoms in total. The Kier molecular flexibility index (Phi) is 8.38. The molecule has 0 unspecified atom stereocenters. The van der Waals surface area contributed by atoms with E-state index in [-0.39, 0.29) is 11.9 Å². The van der Waals surface area contributed by atoms with Crippen molar-refractivity contribution in [2.75, 3.05) is 25.5 Å². The summed E-state index contributed by atoms with van der Waals surface area (Å²) in [6, 6.07) is 15.2. The molecular weight excluding hydrogens is 426 g/mol. The summed E-state index contributed by atoms with van der Waals surface area (Å²) >= 11 is 0. The summed E-state index contributed by atoms with van der Waals surface area (Å²) in [6.07, 6.45) is 1.71. The molecule has 2 aromatic carbocycles. The minimum absolute atomic E-state index is 0.0467. The molecule has 3 aromatic rings. The molecule has 2 heterocycles. The second-order valence-corrected chi connectivity index (χ2v) is 7.92. The monoisotopic (exact) mass is 459 g/mol. The predicted molar refractivity (Wildman–Crippen MR) is 138 cm³/mol. The van der Waals surface area contributed by atoms with E-state index in [0.29, 0.717) is 22.8 Å². The van der Waals surface area contributed by atoms with Gasteiger partial charge in [0.25, 0.3) is 5.91 Å². The number of amides is 1. The number of aromatic nitrogens is 1. The number of hydrogen-bond donors (Lipinski definition) is 4. The van der Waals surface area contributed by atoms with Crippen molar-refractivity contribution in [2.45, 2.75) is 33.7 Å². The number of carbonyl (C=O) groups is 1. The van der Waals surface area contributed by atoms with Crippen molar-refractivity contribution in [3.63, 3.8) is 0 Å². The van der Waals surface area contributed by atoms with E-state index in [1.54, 1.807) is 19.2 Å².